The molecule has 0 radical (unpaired) electrons. The number of urea groups is 1. The molecule has 2 aromatic rings. The highest BCUT2D eigenvalue weighted by Crippen LogP contribution is 2.15. The average Bonchev–Trinajstić information content (AvgIpc) is 2.88. The second kappa shape index (κ2) is 6.87. The minimum Gasteiger partial charge on any atom is -0.336 e. The second-order valence-electron chi connectivity index (χ2n) is 5.33. The van der Waals surface area contributed by atoms with Crippen LogP contribution in [0.1, 0.15) is 12.0 Å². The number of likely N-dealkylation sites (tertiary alicyclic amines) is 1. The number of aromatic nitrogens is 2. The van der Waals surface area contributed by atoms with Crippen LogP contribution in [0.5, 0.6) is 0 Å². The standard InChI is InChI=1S/C16H17N5O2/c22-14-9-13(11-21(14)10-12-5-2-1-3-6-12)19-16(23)20-15-17-7-4-8-18-15/h1-8,13H,9-11H2,(H2,17,18,19,20,23). The van der Waals surface area contributed by atoms with Gasteiger partial charge >= 0.3 is 6.03 Å². The third kappa shape index (κ3) is 4.03. The Kier molecular flexibility index (Phi) is 4.46. The van der Waals surface area contributed by atoms with Crippen molar-refractivity contribution in [3.8, 4) is 0 Å². The van der Waals surface area contributed by atoms with Crippen LogP contribution in [0.4, 0.5) is 10.7 Å². The number of amides is 3. The molecular weight excluding hydrogens is 294 g/mol. The summed E-state index contributed by atoms with van der Waals surface area (Å²) in [5.74, 6) is 0.269. The first-order valence-electron chi connectivity index (χ1n) is 7.37. The molecule has 2 N–H and O–H groups in total. The van der Waals surface area contributed by atoms with Crippen molar-refractivity contribution in [1.82, 2.24) is 20.2 Å². The van der Waals surface area contributed by atoms with Crippen molar-refractivity contribution in [3.05, 3.63) is 54.4 Å². The second-order valence-corrected chi connectivity index (χ2v) is 5.33. The van der Waals surface area contributed by atoms with Gasteiger partial charge in [-0.15, -0.1) is 0 Å². The summed E-state index contributed by atoms with van der Waals surface area (Å²) in [6.07, 6.45) is 3.39. The highest BCUT2D eigenvalue weighted by molar-refractivity contribution is 5.88. The summed E-state index contributed by atoms with van der Waals surface area (Å²) in [5, 5.41) is 5.33. The van der Waals surface area contributed by atoms with Crippen LogP contribution in [0.15, 0.2) is 48.8 Å². The topological polar surface area (TPSA) is 87.2 Å². The Labute approximate surface area is 133 Å². The molecule has 1 unspecified atom stereocenters. The van der Waals surface area contributed by atoms with E-state index in [9.17, 15) is 9.59 Å². The molecule has 0 aliphatic carbocycles. The van der Waals surface area contributed by atoms with Gasteiger partial charge in [0.2, 0.25) is 11.9 Å². The number of carbonyl (C=O) groups excluding carboxylic acids is 2. The fourth-order valence-electron chi connectivity index (χ4n) is 2.51. The summed E-state index contributed by atoms with van der Waals surface area (Å²) in [4.78, 5) is 33.6. The van der Waals surface area contributed by atoms with Gasteiger partial charge in [-0.1, -0.05) is 30.3 Å². The number of carbonyl (C=O) groups is 2. The molecule has 3 amide bonds. The first-order chi connectivity index (χ1) is 11.2. The third-order valence-electron chi connectivity index (χ3n) is 3.56. The van der Waals surface area contributed by atoms with Crippen LogP contribution in [-0.4, -0.2) is 39.4 Å². The molecule has 0 saturated carbocycles. The summed E-state index contributed by atoms with van der Waals surface area (Å²) >= 11 is 0. The summed E-state index contributed by atoms with van der Waals surface area (Å²) in [7, 11) is 0. The van der Waals surface area contributed by atoms with E-state index >= 15 is 0 Å². The first kappa shape index (κ1) is 15.0. The number of anilines is 1. The fourth-order valence-corrected chi connectivity index (χ4v) is 2.51. The van der Waals surface area contributed by atoms with Gasteiger partial charge in [-0.25, -0.2) is 14.8 Å². The average molecular weight is 311 g/mol. The zero-order valence-corrected chi connectivity index (χ0v) is 12.5. The summed E-state index contributed by atoms with van der Waals surface area (Å²) in [6, 6.07) is 10.8. The molecule has 118 valence electrons. The lowest BCUT2D eigenvalue weighted by molar-refractivity contribution is -0.128. The minimum atomic E-state index is -0.407. The van der Waals surface area contributed by atoms with Gasteiger partial charge in [0.15, 0.2) is 0 Å². The van der Waals surface area contributed by atoms with Crippen molar-refractivity contribution in [1.29, 1.82) is 0 Å². The zero-order chi connectivity index (χ0) is 16.1. The van der Waals surface area contributed by atoms with Gasteiger partial charge in [0.05, 0.1) is 6.04 Å². The Morgan fingerprint density at radius 2 is 1.91 bits per heavy atom. The van der Waals surface area contributed by atoms with E-state index in [2.05, 4.69) is 20.6 Å². The predicted octanol–water partition coefficient (Wildman–Crippen LogP) is 1.40. The summed E-state index contributed by atoms with van der Waals surface area (Å²) in [6.45, 7) is 1.05. The quantitative estimate of drug-likeness (QED) is 0.893. The third-order valence-corrected chi connectivity index (χ3v) is 3.56. The monoisotopic (exact) mass is 311 g/mol. The molecule has 23 heavy (non-hydrogen) atoms. The minimum absolute atomic E-state index is 0.0371. The molecule has 1 aliphatic rings. The van der Waals surface area contributed by atoms with Crippen molar-refractivity contribution in [2.24, 2.45) is 0 Å². The smallest absolute Gasteiger partial charge is 0.321 e. The molecule has 7 nitrogen and oxygen atoms in total. The van der Waals surface area contributed by atoms with E-state index < -0.39 is 6.03 Å². The number of benzene rings is 1. The zero-order valence-electron chi connectivity index (χ0n) is 12.5. The molecule has 0 bridgehead atoms. The van der Waals surface area contributed by atoms with Crippen LogP contribution in [0.2, 0.25) is 0 Å². The van der Waals surface area contributed by atoms with Crippen LogP contribution >= 0.6 is 0 Å². The summed E-state index contributed by atoms with van der Waals surface area (Å²) < 4.78 is 0. The van der Waals surface area contributed by atoms with E-state index in [4.69, 9.17) is 0 Å². The number of rotatable bonds is 4. The van der Waals surface area contributed by atoms with Crippen LogP contribution in [0.25, 0.3) is 0 Å². The lowest BCUT2D eigenvalue weighted by Gasteiger charge is -2.17. The number of hydrogen-bond donors (Lipinski definition) is 2. The van der Waals surface area contributed by atoms with E-state index in [0.29, 0.717) is 19.5 Å². The maximum Gasteiger partial charge on any atom is 0.321 e. The van der Waals surface area contributed by atoms with Crippen molar-refractivity contribution >= 4 is 17.9 Å². The van der Waals surface area contributed by atoms with Crippen molar-refractivity contribution in [2.75, 3.05) is 11.9 Å². The maximum absolute atomic E-state index is 12.1. The van der Waals surface area contributed by atoms with Gasteiger partial charge in [0.1, 0.15) is 0 Å². The molecule has 1 aromatic heterocycles. The van der Waals surface area contributed by atoms with Crippen LogP contribution in [0, 0.1) is 0 Å². The Hall–Kier alpha value is -2.96. The lowest BCUT2D eigenvalue weighted by Crippen LogP contribution is -2.39. The van der Waals surface area contributed by atoms with Crippen molar-refractivity contribution in [3.63, 3.8) is 0 Å². The van der Waals surface area contributed by atoms with Gasteiger partial charge in [0, 0.05) is 31.9 Å². The molecule has 2 heterocycles. The SMILES string of the molecule is O=C(Nc1ncccn1)NC1CC(=O)N(Cc2ccccc2)C1. The van der Waals surface area contributed by atoms with Gasteiger partial charge < -0.3 is 10.2 Å². The fraction of sp³-hybridized carbons (Fsp3) is 0.250. The molecule has 0 spiro atoms. The predicted molar refractivity (Wildman–Crippen MR) is 84.5 cm³/mol. The Balaban J connectivity index is 1.52. The Morgan fingerprint density at radius 1 is 1.17 bits per heavy atom. The molecule has 1 saturated heterocycles. The van der Waals surface area contributed by atoms with E-state index in [1.54, 1.807) is 23.4 Å². The molecule has 1 aliphatic heterocycles. The largest absolute Gasteiger partial charge is 0.336 e. The van der Waals surface area contributed by atoms with Gasteiger partial charge in [-0.05, 0) is 11.6 Å². The highest BCUT2D eigenvalue weighted by Gasteiger charge is 2.30. The molecule has 1 aromatic carbocycles. The molecule has 1 atom stereocenters. The molecular formula is C16H17N5O2. The Morgan fingerprint density at radius 3 is 2.65 bits per heavy atom. The first-order valence-corrected chi connectivity index (χ1v) is 7.37. The normalized spacial score (nSPS) is 17.1. The molecule has 7 heteroatoms. The highest BCUT2D eigenvalue weighted by atomic mass is 16.2. The van der Waals surface area contributed by atoms with Crippen LogP contribution in [-0.2, 0) is 11.3 Å². The van der Waals surface area contributed by atoms with Crippen molar-refractivity contribution < 1.29 is 9.59 Å². The molecule has 3 rings (SSSR count). The summed E-state index contributed by atoms with van der Waals surface area (Å²) in [5.41, 5.74) is 1.07. The van der Waals surface area contributed by atoms with Gasteiger partial charge in [-0.2, -0.15) is 0 Å². The van der Waals surface area contributed by atoms with Crippen LogP contribution in [0.3, 0.4) is 0 Å². The van der Waals surface area contributed by atoms with E-state index in [0.717, 1.165) is 5.56 Å². The number of hydrogen-bond acceptors (Lipinski definition) is 4. The van der Waals surface area contributed by atoms with E-state index in [1.807, 2.05) is 30.3 Å². The Bertz CT molecular complexity index is 677. The number of nitrogens with one attached hydrogen (secondary N) is 2. The van der Waals surface area contributed by atoms with Crippen LogP contribution < -0.4 is 10.6 Å². The van der Waals surface area contributed by atoms with Gasteiger partial charge in [-0.3, -0.25) is 10.1 Å². The van der Waals surface area contributed by atoms with Gasteiger partial charge in [0.25, 0.3) is 0 Å². The molecule has 1 fully saturated rings. The van der Waals surface area contributed by atoms with E-state index in [-0.39, 0.29) is 17.9 Å². The maximum atomic E-state index is 12.1. The van der Waals surface area contributed by atoms with Crippen molar-refractivity contribution in [2.45, 2.75) is 19.0 Å². The lowest BCUT2D eigenvalue weighted by atomic mass is 10.2. The van der Waals surface area contributed by atoms with E-state index in [1.165, 1.54) is 0 Å². The number of nitrogens with zero attached hydrogens (tertiary/aromatic N) is 3.